The molecule has 1 atom stereocenters. The molecule has 0 saturated carbocycles. The molecule has 37 heavy (non-hydrogen) atoms. The van der Waals surface area contributed by atoms with Crippen molar-refractivity contribution in [1.82, 2.24) is 15.1 Å². The van der Waals surface area contributed by atoms with Crippen LogP contribution < -0.4 is 10.1 Å². The number of benzene rings is 1. The van der Waals surface area contributed by atoms with Crippen LogP contribution in [0.15, 0.2) is 24.3 Å². The van der Waals surface area contributed by atoms with Crippen LogP contribution in [0.1, 0.15) is 51.7 Å². The van der Waals surface area contributed by atoms with Gasteiger partial charge in [-0.1, -0.05) is 5.92 Å². The fourth-order valence-corrected chi connectivity index (χ4v) is 3.79. The molecule has 1 amide bonds. The van der Waals surface area contributed by atoms with E-state index in [1.54, 1.807) is 27.7 Å². The van der Waals surface area contributed by atoms with Crippen LogP contribution in [0.2, 0.25) is 0 Å². The second-order valence-corrected chi connectivity index (χ2v) is 9.51. The van der Waals surface area contributed by atoms with Gasteiger partial charge in [-0.3, -0.25) is 0 Å². The maximum absolute atomic E-state index is 14.1. The van der Waals surface area contributed by atoms with E-state index in [-0.39, 0.29) is 36.5 Å². The van der Waals surface area contributed by atoms with Crippen LogP contribution in [0.4, 0.5) is 23.8 Å². The zero-order valence-corrected chi connectivity index (χ0v) is 21.3. The van der Waals surface area contributed by atoms with E-state index >= 15 is 0 Å². The Morgan fingerprint density at radius 3 is 2.65 bits per heavy atom. The summed E-state index contributed by atoms with van der Waals surface area (Å²) < 4.78 is 58.6. The summed E-state index contributed by atoms with van der Waals surface area (Å²) in [5.74, 6) is 2.48. The lowest BCUT2D eigenvalue weighted by Crippen LogP contribution is -2.47. The number of terminal acetylenes is 1. The molecule has 1 aromatic heterocycles. The lowest BCUT2D eigenvalue weighted by Gasteiger charge is -2.34. The number of anilines is 1. The highest BCUT2D eigenvalue weighted by Crippen LogP contribution is 2.40. The fraction of sp³-hybridized carbons (Fsp3) is 0.500. The number of aromatic nitrogens is 2. The van der Waals surface area contributed by atoms with E-state index in [9.17, 15) is 18.0 Å². The molecule has 200 valence electrons. The average molecular weight is 521 g/mol. The normalized spacial score (nSPS) is 16.2. The molecule has 2 aromatic rings. The summed E-state index contributed by atoms with van der Waals surface area (Å²) in [6.45, 7) is 8.05. The molecule has 1 fully saturated rings. The third kappa shape index (κ3) is 7.73. The summed E-state index contributed by atoms with van der Waals surface area (Å²) in [5, 5.41) is 10.9. The average Bonchev–Trinajstić information content (AvgIpc) is 2.83. The molecule has 1 aliphatic rings. The van der Waals surface area contributed by atoms with Crippen molar-refractivity contribution in [2.24, 2.45) is 0 Å². The Balaban J connectivity index is 1.88. The maximum atomic E-state index is 14.1. The summed E-state index contributed by atoms with van der Waals surface area (Å²) in [4.78, 5) is 14.0. The van der Waals surface area contributed by atoms with E-state index in [1.807, 2.05) is 0 Å². The van der Waals surface area contributed by atoms with E-state index in [4.69, 9.17) is 20.6 Å². The minimum Gasteiger partial charge on any atom is -0.467 e. The maximum Gasteiger partial charge on any atom is 0.418 e. The van der Waals surface area contributed by atoms with Gasteiger partial charge >= 0.3 is 12.3 Å². The standard InChI is InChI=1S/C26H31F3N4O4/c1-6-17-10-11-19(21(13-17)36-16-35-7-2)23-20(26(27,28)29)14-22(31-32-23)30-18-9-8-12-33(15-18)24(34)37-25(3,4)5/h1,10-11,13-14,18H,7-9,12,15-16H2,2-5H3,(H,30,31). The smallest absolute Gasteiger partial charge is 0.418 e. The number of hydrogen-bond acceptors (Lipinski definition) is 7. The van der Waals surface area contributed by atoms with E-state index in [0.717, 1.165) is 6.07 Å². The minimum atomic E-state index is -4.72. The van der Waals surface area contributed by atoms with Crippen LogP contribution in [0.25, 0.3) is 11.3 Å². The monoisotopic (exact) mass is 520 g/mol. The van der Waals surface area contributed by atoms with Gasteiger partial charge in [0.1, 0.15) is 22.9 Å². The number of halogens is 3. The number of carbonyl (C=O) groups is 1. The number of amides is 1. The SMILES string of the molecule is C#Cc1ccc(-c2nnc(NC3CCCN(C(=O)OC(C)(C)C)C3)cc2C(F)(F)F)c(OCOCC)c1. The number of nitrogens with zero attached hydrogens (tertiary/aromatic N) is 3. The molecule has 1 N–H and O–H groups in total. The fourth-order valence-electron chi connectivity index (χ4n) is 3.79. The molecule has 0 aliphatic carbocycles. The molecule has 1 unspecified atom stereocenters. The summed E-state index contributed by atoms with van der Waals surface area (Å²) in [5.41, 5.74) is -1.52. The molecule has 8 nitrogen and oxygen atoms in total. The van der Waals surface area contributed by atoms with Gasteiger partial charge in [-0.15, -0.1) is 16.6 Å². The van der Waals surface area contributed by atoms with Gasteiger partial charge in [-0.2, -0.15) is 13.2 Å². The third-order valence-corrected chi connectivity index (χ3v) is 5.43. The quantitative estimate of drug-likeness (QED) is 0.300. The van der Waals surface area contributed by atoms with Crippen LogP contribution in [0.3, 0.4) is 0 Å². The van der Waals surface area contributed by atoms with E-state index in [0.29, 0.717) is 31.6 Å². The Labute approximate surface area is 214 Å². The van der Waals surface area contributed by atoms with Crippen LogP contribution >= 0.6 is 0 Å². The highest BCUT2D eigenvalue weighted by Gasteiger charge is 2.37. The molecule has 0 radical (unpaired) electrons. The lowest BCUT2D eigenvalue weighted by molar-refractivity contribution is -0.137. The van der Waals surface area contributed by atoms with Gasteiger partial charge in [0, 0.05) is 36.9 Å². The zero-order chi connectivity index (χ0) is 27.2. The highest BCUT2D eigenvalue weighted by molar-refractivity contribution is 5.72. The third-order valence-electron chi connectivity index (χ3n) is 5.43. The molecular weight excluding hydrogens is 489 g/mol. The lowest BCUT2D eigenvalue weighted by atomic mass is 10.0. The van der Waals surface area contributed by atoms with E-state index in [1.165, 1.54) is 23.1 Å². The van der Waals surface area contributed by atoms with Crippen molar-refractivity contribution >= 4 is 11.9 Å². The predicted octanol–water partition coefficient (Wildman–Crippen LogP) is 5.33. The second-order valence-electron chi connectivity index (χ2n) is 9.51. The first-order chi connectivity index (χ1) is 17.4. The summed E-state index contributed by atoms with van der Waals surface area (Å²) in [6.07, 6.45) is 1.56. The molecule has 0 bridgehead atoms. The predicted molar refractivity (Wildman–Crippen MR) is 132 cm³/mol. The van der Waals surface area contributed by atoms with E-state index < -0.39 is 29.1 Å². The van der Waals surface area contributed by atoms with Gasteiger partial charge in [-0.05, 0) is 64.8 Å². The number of hydrogen-bond donors (Lipinski definition) is 1. The number of piperidine rings is 1. The summed E-state index contributed by atoms with van der Waals surface area (Å²) in [7, 11) is 0. The number of ether oxygens (including phenoxy) is 3. The van der Waals surface area contributed by atoms with Crippen LogP contribution in [-0.2, 0) is 15.7 Å². The molecule has 3 rings (SSSR count). The zero-order valence-electron chi connectivity index (χ0n) is 21.3. The Bertz CT molecular complexity index is 1140. The van der Waals surface area contributed by atoms with Gasteiger partial charge in [-0.25, -0.2) is 4.79 Å². The summed E-state index contributed by atoms with van der Waals surface area (Å²) >= 11 is 0. The molecule has 0 spiro atoms. The Kier molecular flexibility index (Phi) is 8.86. The number of nitrogens with one attached hydrogen (secondary N) is 1. The molecule has 11 heteroatoms. The first kappa shape index (κ1) is 28.1. The topological polar surface area (TPSA) is 85.8 Å². The molecule has 1 aliphatic heterocycles. The minimum absolute atomic E-state index is 0.0517. The number of carbonyl (C=O) groups excluding carboxylic acids is 1. The van der Waals surface area contributed by atoms with Crippen molar-refractivity contribution < 1.29 is 32.2 Å². The van der Waals surface area contributed by atoms with Gasteiger partial charge in [0.25, 0.3) is 0 Å². The Hall–Kier alpha value is -3.52. The molecule has 2 heterocycles. The highest BCUT2D eigenvalue weighted by atomic mass is 19.4. The van der Waals surface area contributed by atoms with Crippen molar-refractivity contribution in [1.29, 1.82) is 0 Å². The van der Waals surface area contributed by atoms with Crippen molar-refractivity contribution in [3.8, 4) is 29.4 Å². The van der Waals surface area contributed by atoms with Crippen molar-refractivity contribution in [2.45, 2.75) is 58.4 Å². The second kappa shape index (κ2) is 11.7. The molecular formula is C26H31F3N4O4. The number of likely N-dealkylation sites (tertiary alicyclic amines) is 1. The van der Waals surface area contributed by atoms with Crippen LogP contribution in [0, 0.1) is 12.3 Å². The Morgan fingerprint density at radius 1 is 1.24 bits per heavy atom. The van der Waals surface area contributed by atoms with Gasteiger partial charge in [0.15, 0.2) is 6.79 Å². The summed E-state index contributed by atoms with van der Waals surface area (Å²) in [6, 6.07) is 4.97. The van der Waals surface area contributed by atoms with E-state index in [2.05, 4.69) is 21.4 Å². The first-order valence-corrected chi connectivity index (χ1v) is 11.9. The van der Waals surface area contributed by atoms with Crippen molar-refractivity contribution in [3.63, 3.8) is 0 Å². The largest absolute Gasteiger partial charge is 0.467 e. The van der Waals surface area contributed by atoms with Crippen LogP contribution in [-0.4, -0.2) is 59.3 Å². The molecule has 1 aromatic carbocycles. The van der Waals surface area contributed by atoms with Gasteiger partial charge < -0.3 is 24.4 Å². The Morgan fingerprint density at radius 2 is 2.00 bits per heavy atom. The van der Waals surface area contributed by atoms with Gasteiger partial charge in [0.2, 0.25) is 0 Å². The van der Waals surface area contributed by atoms with Crippen LogP contribution in [0.5, 0.6) is 5.75 Å². The number of alkyl halides is 3. The first-order valence-electron chi connectivity index (χ1n) is 11.9. The van der Waals surface area contributed by atoms with Crippen molar-refractivity contribution in [3.05, 3.63) is 35.4 Å². The van der Waals surface area contributed by atoms with Gasteiger partial charge in [0.05, 0.1) is 5.56 Å². The number of rotatable bonds is 7. The van der Waals surface area contributed by atoms with Crippen molar-refractivity contribution in [2.75, 3.05) is 31.8 Å². The molecule has 1 saturated heterocycles.